The molecule has 1 amide bonds. The second kappa shape index (κ2) is 5.06. The van der Waals surface area contributed by atoms with Crippen LogP contribution in [0.15, 0.2) is 29.1 Å². The third kappa shape index (κ3) is 2.54. The van der Waals surface area contributed by atoms with Crippen molar-refractivity contribution in [3.05, 3.63) is 57.0 Å². The van der Waals surface area contributed by atoms with Crippen LogP contribution in [-0.2, 0) is 0 Å². The van der Waals surface area contributed by atoms with Gasteiger partial charge >= 0.3 is 0 Å². The molecule has 19 heavy (non-hydrogen) atoms. The van der Waals surface area contributed by atoms with Crippen molar-refractivity contribution < 1.29 is 4.79 Å². The molecule has 0 fully saturated rings. The quantitative estimate of drug-likeness (QED) is 0.863. The highest BCUT2D eigenvalue weighted by molar-refractivity contribution is 6.05. The molecule has 0 aliphatic rings. The number of anilines is 1. The molecule has 1 aromatic carbocycles. The SMILES string of the molecule is Cc1ccccc1NC(=O)c1c(C)c(C)n[nH]c1=O. The maximum atomic E-state index is 12.2. The van der Waals surface area contributed by atoms with Crippen molar-refractivity contribution in [3.8, 4) is 0 Å². The molecule has 2 aromatic rings. The zero-order valence-corrected chi connectivity index (χ0v) is 11.1. The summed E-state index contributed by atoms with van der Waals surface area (Å²) in [5.74, 6) is -0.418. The molecule has 0 spiro atoms. The van der Waals surface area contributed by atoms with Crippen LogP contribution >= 0.6 is 0 Å². The van der Waals surface area contributed by atoms with Crippen LogP contribution in [0.3, 0.4) is 0 Å². The smallest absolute Gasteiger partial charge is 0.277 e. The van der Waals surface area contributed by atoms with Gasteiger partial charge in [0.2, 0.25) is 0 Å². The molecule has 0 atom stereocenters. The van der Waals surface area contributed by atoms with Gasteiger partial charge in [-0.25, -0.2) is 5.10 Å². The molecular formula is C14H15N3O2. The first-order valence-corrected chi connectivity index (χ1v) is 5.93. The first-order valence-electron chi connectivity index (χ1n) is 5.93. The highest BCUT2D eigenvalue weighted by Crippen LogP contribution is 2.15. The van der Waals surface area contributed by atoms with E-state index in [0.29, 0.717) is 16.9 Å². The van der Waals surface area contributed by atoms with Gasteiger partial charge in [-0.2, -0.15) is 5.10 Å². The minimum Gasteiger partial charge on any atom is -0.322 e. The number of aryl methyl sites for hydroxylation is 2. The summed E-state index contributed by atoms with van der Waals surface area (Å²) in [5, 5.41) is 8.90. The highest BCUT2D eigenvalue weighted by Gasteiger charge is 2.16. The number of amides is 1. The Morgan fingerprint density at radius 2 is 1.89 bits per heavy atom. The number of rotatable bonds is 2. The standard InChI is InChI=1S/C14H15N3O2/c1-8-6-4-5-7-11(8)15-13(18)12-9(2)10(3)16-17-14(12)19/h4-7H,1-3H3,(H,15,18)(H,17,19). The number of carbonyl (C=O) groups excluding carboxylic acids is 1. The van der Waals surface area contributed by atoms with Crippen LogP contribution in [0.4, 0.5) is 5.69 Å². The molecule has 98 valence electrons. The van der Waals surface area contributed by atoms with Gasteiger partial charge in [0.15, 0.2) is 0 Å². The number of aromatic amines is 1. The van der Waals surface area contributed by atoms with E-state index in [2.05, 4.69) is 15.5 Å². The average molecular weight is 257 g/mol. The monoisotopic (exact) mass is 257 g/mol. The van der Waals surface area contributed by atoms with E-state index in [0.717, 1.165) is 5.56 Å². The Balaban J connectivity index is 2.39. The van der Waals surface area contributed by atoms with Crippen molar-refractivity contribution in [2.75, 3.05) is 5.32 Å². The lowest BCUT2D eigenvalue weighted by Crippen LogP contribution is -2.26. The number of carbonyl (C=O) groups is 1. The van der Waals surface area contributed by atoms with Crippen LogP contribution in [0.2, 0.25) is 0 Å². The van der Waals surface area contributed by atoms with Gasteiger partial charge in [0.25, 0.3) is 11.5 Å². The van der Waals surface area contributed by atoms with Gasteiger partial charge in [-0.15, -0.1) is 0 Å². The van der Waals surface area contributed by atoms with E-state index >= 15 is 0 Å². The summed E-state index contributed by atoms with van der Waals surface area (Å²) in [6.07, 6.45) is 0. The predicted octanol–water partition coefficient (Wildman–Crippen LogP) is 1.95. The van der Waals surface area contributed by atoms with E-state index in [9.17, 15) is 9.59 Å². The van der Waals surface area contributed by atoms with Crippen molar-refractivity contribution in [1.29, 1.82) is 0 Å². The van der Waals surface area contributed by atoms with Crippen LogP contribution in [0, 0.1) is 20.8 Å². The first-order chi connectivity index (χ1) is 9.00. The molecule has 0 aliphatic heterocycles. The minimum absolute atomic E-state index is 0.107. The van der Waals surface area contributed by atoms with Crippen molar-refractivity contribution in [3.63, 3.8) is 0 Å². The normalized spacial score (nSPS) is 10.3. The largest absolute Gasteiger partial charge is 0.322 e. The molecule has 0 unspecified atom stereocenters. The second-order valence-corrected chi connectivity index (χ2v) is 4.41. The van der Waals surface area contributed by atoms with Gasteiger partial charge in [0.05, 0.1) is 5.69 Å². The summed E-state index contributed by atoms with van der Waals surface area (Å²) >= 11 is 0. The summed E-state index contributed by atoms with van der Waals surface area (Å²) in [7, 11) is 0. The maximum absolute atomic E-state index is 12.2. The molecule has 5 heteroatoms. The fourth-order valence-electron chi connectivity index (χ4n) is 1.80. The second-order valence-electron chi connectivity index (χ2n) is 4.41. The predicted molar refractivity (Wildman–Crippen MR) is 73.5 cm³/mol. The Morgan fingerprint density at radius 3 is 2.58 bits per heavy atom. The van der Waals surface area contributed by atoms with Gasteiger partial charge in [-0.1, -0.05) is 18.2 Å². The molecule has 0 bridgehead atoms. The molecule has 0 aliphatic carbocycles. The molecular weight excluding hydrogens is 242 g/mol. The Hall–Kier alpha value is -2.43. The fraction of sp³-hybridized carbons (Fsp3) is 0.214. The number of benzene rings is 1. The van der Waals surface area contributed by atoms with E-state index in [4.69, 9.17) is 0 Å². The van der Waals surface area contributed by atoms with E-state index in [1.807, 2.05) is 25.1 Å². The molecule has 0 saturated carbocycles. The van der Waals surface area contributed by atoms with Crippen LogP contribution in [0.25, 0.3) is 0 Å². The van der Waals surface area contributed by atoms with Crippen LogP contribution in [-0.4, -0.2) is 16.1 Å². The molecule has 5 nitrogen and oxygen atoms in total. The summed E-state index contributed by atoms with van der Waals surface area (Å²) in [4.78, 5) is 23.9. The van der Waals surface area contributed by atoms with Gasteiger partial charge < -0.3 is 5.32 Å². The summed E-state index contributed by atoms with van der Waals surface area (Å²) in [6, 6.07) is 7.41. The van der Waals surface area contributed by atoms with Crippen LogP contribution in [0.1, 0.15) is 27.2 Å². The maximum Gasteiger partial charge on any atom is 0.277 e. The number of nitrogens with one attached hydrogen (secondary N) is 2. The average Bonchev–Trinajstić information content (AvgIpc) is 2.37. The molecule has 2 rings (SSSR count). The van der Waals surface area contributed by atoms with Gasteiger partial charge in [-0.05, 0) is 38.0 Å². The van der Waals surface area contributed by atoms with Crippen LogP contribution in [0.5, 0.6) is 0 Å². The zero-order chi connectivity index (χ0) is 14.0. The summed E-state index contributed by atoms with van der Waals surface area (Å²) in [5.41, 5.74) is 2.49. The van der Waals surface area contributed by atoms with E-state index < -0.39 is 11.5 Å². The summed E-state index contributed by atoms with van der Waals surface area (Å²) < 4.78 is 0. The van der Waals surface area contributed by atoms with Crippen molar-refractivity contribution in [1.82, 2.24) is 10.2 Å². The third-order valence-corrected chi connectivity index (χ3v) is 3.09. The lowest BCUT2D eigenvalue weighted by molar-refractivity contribution is 0.102. The first kappa shape index (κ1) is 13.0. The Bertz CT molecular complexity index is 689. The molecule has 0 radical (unpaired) electrons. The molecule has 2 N–H and O–H groups in total. The summed E-state index contributed by atoms with van der Waals surface area (Å²) in [6.45, 7) is 5.35. The van der Waals surface area contributed by atoms with Crippen molar-refractivity contribution in [2.24, 2.45) is 0 Å². The number of H-pyrrole nitrogens is 1. The van der Waals surface area contributed by atoms with Crippen molar-refractivity contribution >= 4 is 11.6 Å². The number of nitrogens with zero attached hydrogens (tertiary/aromatic N) is 1. The Morgan fingerprint density at radius 1 is 1.21 bits per heavy atom. The molecule has 1 heterocycles. The van der Waals surface area contributed by atoms with Gasteiger partial charge in [-0.3, -0.25) is 9.59 Å². The van der Waals surface area contributed by atoms with E-state index in [1.165, 1.54) is 0 Å². The minimum atomic E-state index is -0.478. The Labute approximate surface area is 110 Å². The molecule has 1 aromatic heterocycles. The molecule has 0 saturated heterocycles. The lowest BCUT2D eigenvalue weighted by atomic mass is 10.1. The van der Waals surface area contributed by atoms with E-state index in [1.54, 1.807) is 19.9 Å². The van der Waals surface area contributed by atoms with E-state index in [-0.39, 0.29) is 5.56 Å². The van der Waals surface area contributed by atoms with Gasteiger partial charge in [0.1, 0.15) is 5.56 Å². The zero-order valence-electron chi connectivity index (χ0n) is 11.1. The lowest BCUT2D eigenvalue weighted by Gasteiger charge is -2.09. The highest BCUT2D eigenvalue weighted by atomic mass is 16.2. The number of aromatic nitrogens is 2. The van der Waals surface area contributed by atoms with Crippen LogP contribution < -0.4 is 10.9 Å². The van der Waals surface area contributed by atoms with Gasteiger partial charge in [0, 0.05) is 5.69 Å². The Kier molecular flexibility index (Phi) is 3.46. The fourth-order valence-corrected chi connectivity index (χ4v) is 1.80. The topological polar surface area (TPSA) is 74.8 Å². The number of hydrogen-bond donors (Lipinski definition) is 2. The van der Waals surface area contributed by atoms with Crippen molar-refractivity contribution in [2.45, 2.75) is 20.8 Å². The number of hydrogen-bond acceptors (Lipinski definition) is 3. The number of para-hydroxylation sites is 1. The third-order valence-electron chi connectivity index (χ3n) is 3.09.